The molecule has 184 valence electrons. The van der Waals surface area contributed by atoms with Crippen molar-refractivity contribution in [2.24, 2.45) is 0 Å². The molecule has 0 N–H and O–H groups in total. The van der Waals surface area contributed by atoms with E-state index in [2.05, 4.69) is 0 Å². The Bertz CT molecular complexity index is 1290. The third-order valence-electron chi connectivity index (χ3n) is 5.28. The maximum absolute atomic E-state index is 13.1. The topological polar surface area (TPSA) is 99.2 Å². The number of nitrogens with zero attached hydrogens (tertiary/aromatic N) is 1. The van der Waals surface area contributed by atoms with E-state index in [0.717, 1.165) is 4.31 Å². The summed E-state index contributed by atoms with van der Waals surface area (Å²) in [7, 11) is -1.03. The predicted octanol–water partition coefficient (Wildman–Crippen LogP) is 4.35. The van der Waals surface area contributed by atoms with Crippen molar-refractivity contribution in [3.63, 3.8) is 0 Å². The van der Waals surface area contributed by atoms with Crippen molar-refractivity contribution >= 4 is 27.5 Å². The van der Waals surface area contributed by atoms with E-state index in [1.54, 1.807) is 48.5 Å². The number of hydrogen-bond donors (Lipinski definition) is 0. The van der Waals surface area contributed by atoms with Crippen molar-refractivity contribution in [3.8, 4) is 11.5 Å². The van der Waals surface area contributed by atoms with Crippen LogP contribution in [-0.4, -0.2) is 47.0 Å². The van der Waals surface area contributed by atoms with Crippen LogP contribution < -0.4 is 13.8 Å². The molecule has 3 aromatic carbocycles. The Morgan fingerprint density at radius 2 is 1.51 bits per heavy atom. The molecule has 0 saturated heterocycles. The fourth-order valence-electron chi connectivity index (χ4n) is 3.34. The van der Waals surface area contributed by atoms with Crippen molar-refractivity contribution in [3.05, 3.63) is 83.9 Å². The average Bonchev–Trinajstić information content (AvgIpc) is 2.88. The summed E-state index contributed by atoms with van der Waals surface area (Å²) < 4.78 is 43.2. The number of anilines is 1. The number of ketones is 1. The molecule has 9 heteroatoms. The number of benzene rings is 3. The summed E-state index contributed by atoms with van der Waals surface area (Å²) >= 11 is 0. The number of methoxy groups -OCH3 is 1. The largest absolute Gasteiger partial charge is 0.495 e. The van der Waals surface area contributed by atoms with Crippen LogP contribution in [0, 0.1) is 0 Å². The van der Waals surface area contributed by atoms with Gasteiger partial charge in [-0.2, -0.15) is 0 Å². The normalized spacial score (nSPS) is 11.9. The van der Waals surface area contributed by atoms with Crippen molar-refractivity contribution in [1.29, 1.82) is 0 Å². The summed E-state index contributed by atoms with van der Waals surface area (Å²) in [6, 6.07) is 18.6. The van der Waals surface area contributed by atoms with Gasteiger partial charge >= 0.3 is 5.97 Å². The van der Waals surface area contributed by atoms with Crippen LogP contribution in [0.5, 0.6) is 11.5 Å². The van der Waals surface area contributed by atoms with Gasteiger partial charge in [0.25, 0.3) is 10.0 Å². The van der Waals surface area contributed by atoms with Crippen LogP contribution in [-0.2, 0) is 14.8 Å². The summed E-state index contributed by atoms with van der Waals surface area (Å²) in [6.45, 7) is 3.86. The first-order chi connectivity index (χ1) is 16.7. The zero-order valence-corrected chi connectivity index (χ0v) is 20.7. The molecule has 0 unspecified atom stereocenters. The molecule has 0 saturated carbocycles. The Labute approximate surface area is 205 Å². The van der Waals surface area contributed by atoms with Gasteiger partial charge < -0.3 is 14.2 Å². The van der Waals surface area contributed by atoms with E-state index in [0.29, 0.717) is 29.4 Å². The Kier molecular flexibility index (Phi) is 8.14. The van der Waals surface area contributed by atoms with E-state index < -0.39 is 22.1 Å². The van der Waals surface area contributed by atoms with E-state index in [9.17, 15) is 18.0 Å². The van der Waals surface area contributed by atoms with Gasteiger partial charge in [-0.3, -0.25) is 9.10 Å². The third-order valence-corrected chi connectivity index (χ3v) is 7.06. The van der Waals surface area contributed by atoms with Gasteiger partial charge in [-0.25, -0.2) is 13.2 Å². The van der Waals surface area contributed by atoms with Gasteiger partial charge in [0.1, 0.15) is 11.5 Å². The smallest absolute Gasteiger partial charge is 0.338 e. The van der Waals surface area contributed by atoms with Gasteiger partial charge in [-0.1, -0.05) is 12.1 Å². The monoisotopic (exact) mass is 497 g/mol. The molecule has 35 heavy (non-hydrogen) atoms. The van der Waals surface area contributed by atoms with Gasteiger partial charge in [-0.15, -0.1) is 0 Å². The summed E-state index contributed by atoms with van der Waals surface area (Å²) in [5.74, 6) is -0.0529. The predicted molar refractivity (Wildman–Crippen MR) is 132 cm³/mol. The second kappa shape index (κ2) is 11.1. The molecule has 1 atom stereocenters. The minimum absolute atomic E-state index is 0.0130. The number of carbonyl (C=O) groups is 2. The molecular formula is C26H27NO7S. The summed E-state index contributed by atoms with van der Waals surface area (Å²) in [4.78, 5) is 25.2. The van der Waals surface area contributed by atoms with Crippen molar-refractivity contribution in [2.75, 3.05) is 25.1 Å². The highest BCUT2D eigenvalue weighted by Crippen LogP contribution is 2.31. The number of ether oxygens (including phenoxy) is 3. The van der Waals surface area contributed by atoms with Crippen LogP contribution in [0.3, 0.4) is 0 Å². The quantitative estimate of drug-likeness (QED) is 0.303. The molecule has 0 heterocycles. The Hall–Kier alpha value is -3.85. The average molecular weight is 498 g/mol. The van der Waals surface area contributed by atoms with Crippen molar-refractivity contribution in [1.82, 2.24) is 0 Å². The molecular weight excluding hydrogens is 470 g/mol. The van der Waals surface area contributed by atoms with Crippen LogP contribution in [0.1, 0.15) is 34.6 Å². The first-order valence-electron chi connectivity index (χ1n) is 10.9. The van der Waals surface area contributed by atoms with Crippen LogP contribution in [0.25, 0.3) is 0 Å². The third kappa shape index (κ3) is 5.81. The number of carbonyl (C=O) groups excluding carboxylic acids is 2. The molecule has 3 aromatic rings. The summed E-state index contributed by atoms with van der Waals surface area (Å²) in [5, 5.41) is 0. The second-order valence-electron chi connectivity index (χ2n) is 7.54. The van der Waals surface area contributed by atoms with Gasteiger partial charge in [0.2, 0.25) is 5.78 Å². The standard InChI is InChI=1S/C26H27NO7S/c1-5-33-21-14-10-19(11-15-21)25(28)18(2)34-26(29)20-12-16-22(17-13-20)35(30,31)27(3)23-8-6-7-9-24(23)32-4/h6-18H,5H2,1-4H3/t18-/m1/s1. The Morgan fingerprint density at radius 3 is 2.11 bits per heavy atom. The molecule has 0 aliphatic heterocycles. The molecule has 0 bridgehead atoms. The molecule has 0 fully saturated rings. The first-order valence-corrected chi connectivity index (χ1v) is 12.3. The zero-order valence-electron chi connectivity index (χ0n) is 19.9. The number of esters is 1. The van der Waals surface area contributed by atoms with Crippen molar-refractivity contribution in [2.45, 2.75) is 24.8 Å². The first kappa shape index (κ1) is 25.8. The number of para-hydroxylation sites is 2. The lowest BCUT2D eigenvalue weighted by Gasteiger charge is -2.21. The lowest BCUT2D eigenvalue weighted by molar-refractivity contribution is 0.0318. The fraction of sp³-hybridized carbons (Fsp3) is 0.231. The van der Waals surface area contributed by atoms with Crippen LogP contribution in [0.4, 0.5) is 5.69 Å². The maximum Gasteiger partial charge on any atom is 0.338 e. The fourth-order valence-corrected chi connectivity index (χ4v) is 4.55. The van der Waals surface area contributed by atoms with Gasteiger partial charge in [0.15, 0.2) is 6.10 Å². The van der Waals surface area contributed by atoms with Gasteiger partial charge in [-0.05, 0) is 74.5 Å². The van der Waals surface area contributed by atoms with Gasteiger partial charge in [0, 0.05) is 12.6 Å². The van der Waals surface area contributed by atoms with Crippen molar-refractivity contribution < 1.29 is 32.2 Å². The molecule has 0 radical (unpaired) electrons. The minimum Gasteiger partial charge on any atom is -0.495 e. The molecule has 0 aromatic heterocycles. The van der Waals surface area contributed by atoms with Crippen LogP contribution in [0.15, 0.2) is 77.7 Å². The Morgan fingerprint density at radius 1 is 0.914 bits per heavy atom. The number of hydrogen-bond acceptors (Lipinski definition) is 7. The number of sulfonamides is 1. The van der Waals surface area contributed by atoms with E-state index in [1.165, 1.54) is 45.3 Å². The van der Waals surface area contributed by atoms with E-state index in [-0.39, 0.29) is 16.2 Å². The molecule has 0 amide bonds. The second-order valence-corrected chi connectivity index (χ2v) is 9.51. The maximum atomic E-state index is 13.1. The SMILES string of the molecule is CCOc1ccc(C(=O)[C@@H](C)OC(=O)c2ccc(S(=O)(=O)N(C)c3ccccc3OC)cc2)cc1. The number of Topliss-reactive ketones (excluding diaryl/α,β-unsaturated/α-hetero) is 1. The Balaban J connectivity index is 1.70. The zero-order chi connectivity index (χ0) is 25.6. The van der Waals surface area contributed by atoms with Crippen LogP contribution >= 0.6 is 0 Å². The summed E-state index contributed by atoms with van der Waals surface area (Å²) in [5.41, 5.74) is 0.880. The minimum atomic E-state index is -3.91. The molecule has 0 aliphatic carbocycles. The highest BCUT2D eigenvalue weighted by atomic mass is 32.2. The van der Waals surface area contributed by atoms with E-state index in [1.807, 2.05) is 6.92 Å². The molecule has 0 spiro atoms. The lowest BCUT2D eigenvalue weighted by atomic mass is 10.1. The summed E-state index contributed by atoms with van der Waals surface area (Å²) in [6.07, 6.45) is -1.03. The molecule has 8 nitrogen and oxygen atoms in total. The highest BCUT2D eigenvalue weighted by Gasteiger charge is 2.25. The highest BCUT2D eigenvalue weighted by molar-refractivity contribution is 7.92. The van der Waals surface area contributed by atoms with Crippen LogP contribution in [0.2, 0.25) is 0 Å². The number of rotatable bonds is 10. The molecule has 0 aliphatic rings. The van der Waals surface area contributed by atoms with E-state index in [4.69, 9.17) is 14.2 Å². The molecule has 3 rings (SSSR count). The van der Waals surface area contributed by atoms with Gasteiger partial charge in [0.05, 0.1) is 29.9 Å². The van der Waals surface area contributed by atoms with E-state index >= 15 is 0 Å². The lowest BCUT2D eigenvalue weighted by Crippen LogP contribution is -2.27.